The van der Waals surface area contributed by atoms with Crippen molar-refractivity contribution in [2.75, 3.05) is 14.2 Å². The predicted molar refractivity (Wildman–Crippen MR) is 83.2 cm³/mol. The van der Waals surface area contributed by atoms with Crippen molar-refractivity contribution in [2.24, 2.45) is 0 Å². The zero-order valence-corrected chi connectivity index (χ0v) is 12.8. The van der Waals surface area contributed by atoms with E-state index in [9.17, 15) is 0 Å². The number of methoxy groups -OCH3 is 2. The van der Waals surface area contributed by atoms with Crippen LogP contribution in [0.25, 0.3) is 4.96 Å². The lowest BCUT2D eigenvalue weighted by Gasteiger charge is -2.09. The van der Waals surface area contributed by atoms with E-state index in [2.05, 4.69) is 20.8 Å². The average Bonchev–Trinajstić information content (AvgIpc) is 3.09. The highest BCUT2D eigenvalue weighted by Crippen LogP contribution is 2.23. The van der Waals surface area contributed by atoms with Crippen LogP contribution in [0.15, 0.2) is 35.8 Å². The highest BCUT2D eigenvalue weighted by Gasteiger charge is 2.13. The van der Waals surface area contributed by atoms with Crippen molar-refractivity contribution in [3.63, 3.8) is 0 Å². The van der Waals surface area contributed by atoms with Crippen LogP contribution >= 0.6 is 11.3 Å². The van der Waals surface area contributed by atoms with Gasteiger partial charge in [-0.3, -0.25) is 4.40 Å². The van der Waals surface area contributed by atoms with Gasteiger partial charge < -0.3 is 14.8 Å². The summed E-state index contributed by atoms with van der Waals surface area (Å²) in [5, 5.41) is 5.44. The Kier molecular flexibility index (Phi) is 4.08. The molecule has 5 nitrogen and oxygen atoms in total. The van der Waals surface area contributed by atoms with Crippen LogP contribution in [0.3, 0.4) is 0 Å². The van der Waals surface area contributed by atoms with Gasteiger partial charge in [-0.1, -0.05) is 18.2 Å². The molecule has 0 amide bonds. The number of imidazole rings is 1. The summed E-state index contributed by atoms with van der Waals surface area (Å²) >= 11 is 1.60. The van der Waals surface area contributed by atoms with Gasteiger partial charge >= 0.3 is 0 Å². The van der Waals surface area contributed by atoms with Gasteiger partial charge in [0.25, 0.3) is 0 Å². The molecule has 0 saturated carbocycles. The Morgan fingerprint density at radius 2 is 2.05 bits per heavy atom. The van der Waals surface area contributed by atoms with Crippen LogP contribution in [0, 0.1) is 0 Å². The number of benzene rings is 1. The van der Waals surface area contributed by atoms with Crippen LogP contribution in [0.5, 0.6) is 11.6 Å². The molecule has 3 rings (SSSR count). The molecule has 0 fully saturated rings. The van der Waals surface area contributed by atoms with Gasteiger partial charge in [-0.2, -0.15) is 4.98 Å². The fourth-order valence-corrected chi connectivity index (χ4v) is 3.03. The van der Waals surface area contributed by atoms with Gasteiger partial charge in [-0.05, 0) is 6.07 Å². The standard InChI is InChI=1S/C15H17N3O2S/c1-19-13-6-4-3-5-11(13)9-16-10-12-14(20-2)17-15-18(12)7-8-21-15/h3-8,16H,9-10H2,1-2H3. The number of aromatic nitrogens is 2. The number of thiazole rings is 1. The number of nitrogens with one attached hydrogen (secondary N) is 1. The number of ether oxygens (including phenoxy) is 2. The average molecular weight is 303 g/mol. The minimum absolute atomic E-state index is 0.675. The van der Waals surface area contributed by atoms with Crippen molar-refractivity contribution in [3.8, 4) is 11.6 Å². The molecule has 21 heavy (non-hydrogen) atoms. The second-order valence-corrected chi connectivity index (χ2v) is 5.41. The lowest BCUT2D eigenvalue weighted by Crippen LogP contribution is -2.15. The van der Waals surface area contributed by atoms with Gasteiger partial charge in [0, 0.05) is 30.2 Å². The van der Waals surface area contributed by atoms with Crippen LogP contribution in [-0.4, -0.2) is 23.6 Å². The first-order valence-electron chi connectivity index (χ1n) is 6.64. The first-order chi connectivity index (χ1) is 10.3. The third kappa shape index (κ3) is 2.72. The monoisotopic (exact) mass is 303 g/mol. The maximum atomic E-state index is 5.36. The molecule has 1 aromatic carbocycles. The molecular formula is C15H17N3O2S. The molecular weight excluding hydrogens is 286 g/mol. The molecule has 0 spiro atoms. The first-order valence-corrected chi connectivity index (χ1v) is 7.52. The van der Waals surface area contributed by atoms with Crippen molar-refractivity contribution in [1.29, 1.82) is 0 Å². The van der Waals surface area contributed by atoms with Crippen LogP contribution < -0.4 is 14.8 Å². The van der Waals surface area contributed by atoms with Crippen molar-refractivity contribution >= 4 is 16.3 Å². The second kappa shape index (κ2) is 6.15. The number of para-hydroxylation sites is 1. The summed E-state index contributed by atoms with van der Waals surface area (Å²) in [6, 6.07) is 8.00. The number of hydrogen-bond donors (Lipinski definition) is 1. The molecule has 6 heteroatoms. The van der Waals surface area contributed by atoms with Crippen molar-refractivity contribution in [1.82, 2.24) is 14.7 Å². The van der Waals surface area contributed by atoms with Crippen LogP contribution in [-0.2, 0) is 13.1 Å². The minimum atomic E-state index is 0.675. The van der Waals surface area contributed by atoms with E-state index in [1.165, 1.54) is 0 Å². The summed E-state index contributed by atoms with van der Waals surface area (Å²) in [6.07, 6.45) is 2.01. The molecule has 0 atom stereocenters. The Balaban J connectivity index is 1.73. The molecule has 0 aliphatic carbocycles. The van der Waals surface area contributed by atoms with E-state index in [1.807, 2.05) is 29.8 Å². The molecule has 2 aromatic heterocycles. The van der Waals surface area contributed by atoms with E-state index in [1.54, 1.807) is 25.6 Å². The molecule has 2 heterocycles. The fourth-order valence-electron chi connectivity index (χ4n) is 2.30. The van der Waals surface area contributed by atoms with Gasteiger partial charge in [0.1, 0.15) is 11.4 Å². The molecule has 0 aliphatic rings. The molecule has 0 bridgehead atoms. The van der Waals surface area contributed by atoms with Crippen LogP contribution in [0.2, 0.25) is 0 Å². The number of fused-ring (bicyclic) bond motifs is 1. The highest BCUT2D eigenvalue weighted by molar-refractivity contribution is 7.15. The summed E-state index contributed by atoms with van der Waals surface area (Å²) in [5.74, 6) is 1.57. The number of nitrogens with zero attached hydrogens (tertiary/aromatic N) is 2. The molecule has 0 unspecified atom stereocenters. The fraction of sp³-hybridized carbons (Fsp3) is 0.267. The van der Waals surface area contributed by atoms with Gasteiger partial charge in [-0.15, -0.1) is 11.3 Å². The molecule has 0 aliphatic heterocycles. The predicted octanol–water partition coefficient (Wildman–Crippen LogP) is 2.70. The minimum Gasteiger partial charge on any atom is -0.496 e. The normalized spacial score (nSPS) is 11.0. The largest absolute Gasteiger partial charge is 0.496 e. The van der Waals surface area contributed by atoms with Crippen molar-refractivity contribution < 1.29 is 9.47 Å². The molecule has 110 valence electrons. The van der Waals surface area contributed by atoms with E-state index < -0.39 is 0 Å². The summed E-state index contributed by atoms with van der Waals surface area (Å²) in [7, 11) is 3.34. The second-order valence-electron chi connectivity index (χ2n) is 4.54. The lowest BCUT2D eigenvalue weighted by molar-refractivity contribution is 0.392. The van der Waals surface area contributed by atoms with Crippen LogP contribution in [0.4, 0.5) is 0 Å². The third-order valence-corrected chi connectivity index (χ3v) is 4.07. The topological polar surface area (TPSA) is 47.8 Å². The molecule has 0 saturated heterocycles. The third-order valence-electron chi connectivity index (χ3n) is 3.32. The number of rotatable bonds is 6. The Bertz CT molecular complexity index is 735. The zero-order chi connectivity index (χ0) is 14.7. The summed E-state index contributed by atoms with van der Waals surface area (Å²) in [6.45, 7) is 1.41. The smallest absolute Gasteiger partial charge is 0.237 e. The summed E-state index contributed by atoms with van der Waals surface area (Å²) in [4.78, 5) is 5.39. The lowest BCUT2D eigenvalue weighted by atomic mass is 10.2. The van der Waals surface area contributed by atoms with Gasteiger partial charge in [0.2, 0.25) is 5.88 Å². The van der Waals surface area contributed by atoms with Crippen molar-refractivity contribution in [3.05, 3.63) is 47.1 Å². The van der Waals surface area contributed by atoms with E-state index in [4.69, 9.17) is 9.47 Å². The van der Waals surface area contributed by atoms with Gasteiger partial charge in [0.05, 0.1) is 14.2 Å². The van der Waals surface area contributed by atoms with E-state index in [0.717, 1.165) is 28.5 Å². The molecule has 0 radical (unpaired) electrons. The Morgan fingerprint density at radius 3 is 2.86 bits per heavy atom. The number of hydrogen-bond acceptors (Lipinski definition) is 5. The van der Waals surface area contributed by atoms with Gasteiger partial charge in [-0.25, -0.2) is 0 Å². The maximum Gasteiger partial charge on any atom is 0.237 e. The molecule has 1 N–H and O–H groups in total. The molecule has 3 aromatic rings. The van der Waals surface area contributed by atoms with Crippen LogP contribution in [0.1, 0.15) is 11.3 Å². The summed E-state index contributed by atoms with van der Waals surface area (Å²) < 4.78 is 12.8. The SMILES string of the molecule is COc1ccccc1CNCc1c(OC)nc2sccn12. The summed E-state index contributed by atoms with van der Waals surface area (Å²) in [5.41, 5.74) is 2.16. The van der Waals surface area contributed by atoms with E-state index >= 15 is 0 Å². The van der Waals surface area contributed by atoms with E-state index in [0.29, 0.717) is 12.4 Å². The van der Waals surface area contributed by atoms with Crippen molar-refractivity contribution in [2.45, 2.75) is 13.1 Å². The quantitative estimate of drug-likeness (QED) is 0.760. The maximum absolute atomic E-state index is 5.36. The first kappa shape index (κ1) is 13.9. The zero-order valence-electron chi connectivity index (χ0n) is 12.0. The Morgan fingerprint density at radius 1 is 1.19 bits per heavy atom. The highest BCUT2D eigenvalue weighted by atomic mass is 32.1. The Labute approximate surface area is 127 Å². The van der Waals surface area contributed by atoms with Gasteiger partial charge in [0.15, 0.2) is 4.96 Å². The Hall–Kier alpha value is -2.05. The van der Waals surface area contributed by atoms with E-state index in [-0.39, 0.29) is 0 Å².